The maximum atomic E-state index is 13.6. The van der Waals surface area contributed by atoms with Crippen LogP contribution >= 0.6 is 0 Å². The predicted molar refractivity (Wildman–Crippen MR) is 251 cm³/mol. The summed E-state index contributed by atoms with van der Waals surface area (Å²) >= 11 is 0. The van der Waals surface area contributed by atoms with Gasteiger partial charge in [0.15, 0.2) is 11.5 Å². The molecule has 15 heteroatoms. The summed E-state index contributed by atoms with van der Waals surface area (Å²) in [7, 11) is 0. The Bertz CT molecular complexity index is 2790. The molecule has 3 saturated heterocycles. The zero-order valence-corrected chi connectivity index (χ0v) is 37.6. The molecule has 6 aliphatic rings. The number of fused-ring (bicyclic) bond motifs is 7. The molecule has 5 aliphatic heterocycles. The summed E-state index contributed by atoms with van der Waals surface area (Å²) in [6.45, 7) is 6.74. The van der Waals surface area contributed by atoms with Crippen molar-refractivity contribution in [1.29, 1.82) is 0 Å². The molecule has 3 amide bonds. The molecule has 2 atom stereocenters. The van der Waals surface area contributed by atoms with Crippen molar-refractivity contribution in [3.05, 3.63) is 112 Å². The molecule has 1 aliphatic carbocycles. The molecule has 66 heavy (non-hydrogen) atoms. The molecule has 1 unspecified atom stereocenters. The highest BCUT2D eigenvalue weighted by atomic mass is 16.3. The van der Waals surface area contributed by atoms with E-state index in [9.17, 15) is 24.3 Å². The molecule has 342 valence electrons. The summed E-state index contributed by atoms with van der Waals surface area (Å²) in [5.74, 6) is 0.657. The first-order valence-electron chi connectivity index (χ1n) is 24.0. The van der Waals surface area contributed by atoms with Crippen molar-refractivity contribution in [1.82, 2.24) is 39.4 Å². The van der Waals surface area contributed by atoms with E-state index in [0.29, 0.717) is 83.8 Å². The molecule has 11 rings (SSSR count). The fourth-order valence-electron chi connectivity index (χ4n) is 11.7. The average Bonchev–Trinajstić information content (AvgIpc) is 3.80. The second kappa shape index (κ2) is 16.9. The molecule has 15 nitrogen and oxygen atoms in total. The van der Waals surface area contributed by atoms with E-state index in [1.165, 1.54) is 44.1 Å². The minimum Gasteiger partial charge on any atom is -0.384 e. The number of nitrogens with one attached hydrogen (secondary N) is 2. The van der Waals surface area contributed by atoms with Gasteiger partial charge in [0, 0.05) is 55.2 Å². The number of anilines is 3. The molecule has 3 N–H and O–H groups in total. The summed E-state index contributed by atoms with van der Waals surface area (Å²) in [5, 5.41) is 17.4. The van der Waals surface area contributed by atoms with E-state index < -0.39 is 11.6 Å². The third-order valence-electron chi connectivity index (χ3n) is 15.8. The molecule has 5 aromatic rings. The van der Waals surface area contributed by atoms with E-state index >= 15 is 0 Å². The van der Waals surface area contributed by atoms with Gasteiger partial charge in [0.05, 0.1) is 12.2 Å². The predicted octanol–water partition coefficient (Wildman–Crippen LogP) is 6.45. The lowest BCUT2D eigenvalue weighted by molar-refractivity contribution is -0.136. The Balaban J connectivity index is 0.676. The Morgan fingerprint density at radius 2 is 1.62 bits per heavy atom. The number of hydrogen-bond acceptors (Lipinski definition) is 11. The summed E-state index contributed by atoms with van der Waals surface area (Å²) < 4.78 is 3.35. The van der Waals surface area contributed by atoms with Crippen LogP contribution in [0.2, 0.25) is 0 Å². The number of carbonyl (C=O) groups is 3. The summed E-state index contributed by atoms with van der Waals surface area (Å²) in [6.07, 6.45) is 17.0. The number of benzene rings is 2. The van der Waals surface area contributed by atoms with Gasteiger partial charge >= 0.3 is 0 Å². The minimum atomic E-state index is -1.11. The van der Waals surface area contributed by atoms with Crippen LogP contribution in [-0.4, -0.2) is 95.2 Å². The molecule has 8 heterocycles. The average molecular weight is 891 g/mol. The number of likely N-dealkylation sites (tertiary alicyclic amines) is 1. The Hall–Kier alpha value is -6.19. The Labute approximate surface area is 383 Å². The number of pyridine rings is 1. The van der Waals surface area contributed by atoms with Crippen LogP contribution in [0.1, 0.15) is 117 Å². The maximum absolute atomic E-state index is 13.6. The van der Waals surface area contributed by atoms with E-state index in [2.05, 4.69) is 55.7 Å². The van der Waals surface area contributed by atoms with Gasteiger partial charge in [-0.05, 0) is 150 Å². The second-order valence-electron chi connectivity index (χ2n) is 19.8. The molecular formula is C51H58N10O5. The zero-order valence-electron chi connectivity index (χ0n) is 37.6. The molecule has 3 aromatic heterocycles. The number of rotatable bonds is 6. The fourth-order valence-corrected chi connectivity index (χ4v) is 11.7. The van der Waals surface area contributed by atoms with E-state index in [0.717, 1.165) is 56.0 Å². The summed E-state index contributed by atoms with van der Waals surface area (Å²) in [4.78, 5) is 72.3. The van der Waals surface area contributed by atoms with Crippen molar-refractivity contribution < 1.29 is 19.5 Å². The lowest BCUT2D eigenvalue weighted by Crippen LogP contribution is -2.52. The van der Waals surface area contributed by atoms with Gasteiger partial charge in [0.2, 0.25) is 17.8 Å². The van der Waals surface area contributed by atoms with Crippen LogP contribution in [0.25, 0.3) is 16.9 Å². The van der Waals surface area contributed by atoms with Crippen LogP contribution in [0.5, 0.6) is 0 Å². The number of hydrogen-bond donors (Lipinski definition) is 3. The van der Waals surface area contributed by atoms with Crippen LogP contribution < -0.4 is 21.1 Å². The topological polar surface area (TPSA) is 171 Å². The SMILES string of the molecule is C[C@@]1(O)CC/C=C\Cn2c(=O)c3cnc(Nc4ccc(C5CCN(C6CCC7(CC6)CCN(c6ccc8c(c6)C(=O)N(C6CCC(=O)NC6=O)C8)CC7)CC5)cc4)nc3n2-c2cccc1n2. The van der Waals surface area contributed by atoms with Crippen LogP contribution in [0.3, 0.4) is 0 Å². The highest BCUT2D eigenvalue weighted by molar-refractivity contribution is 6.05. The van der Waals surface area contributed by atoms with Gasteiger partial charge in [0.25, 0.3) is 11.5 Å². The van der Waals surface area contributed by atoms with Gasteiger partial charge in [-0.2, -0.15) is 4.98 Å². The number of imide groups is 1. The fraction of sp³-hybridized carbons (Fsp3) is 0.471. The molecule has 2 bridgehead atoms. The first kappa shape index (κ1) is 42.4. The van der Waals surface area contributed by atoms with Crippen LogP contribution in [0.15, 0.2) is 83.8 Å². The third kappa shape index (κ3) is 7.89. The van der Waals surface area contributed by atoms with Gasteiger partial charge in [-0.15, -0.1) is 0 Å². The van der Waals surface area contributed by atoms with Crippen LogP contribution in [0.4, 0.5) is 17.3 Å². The molecule has 4 fully saturated rings. The molecule has 1 saturated carbocycles. The minimum absolute atomic E-state index is 0.112. The van der Waals surface area contributed by atoms with E-state index in [1.807, 2.05) is 42.5 Å². The van der Waals surface area contributed by atoms with Crippen molar-refractivity contribution in [2.75, 3.05) is 36.4 Å². The summed E-state index contributed by atoms with van der Waals surface area (Å²) in [5.41, 5.74) is 5.02. The number of aliphatic hydroxyl groups is 1. The Morgan fingerprint density at radius 1 is 0.833 bits per heavy atom. The monoisotopic (exact) mass is 890 g/mol. The number of amides is 3. The van der Waals surface area contributed by atoms with Gasteiger partial charge < -0.3 is 25.1 Å². The van der Waals surface area contributed by atoms with Gasteiger partial charge in [-0.25, -0.2) is 19.3 Å². The summed E-state index contributed by atoms with van der Waals surface area (Å²) in [6, 6.07) is 20.4. The number of allylic oxidation sites excluding steroid dienone is 2. The maximum Gasteiger partial charge on any atom is 0.278 e. The third-order valence-corrected chi connectivity index (χ3v) is 15.8. The van der Waals surface area contributed by atoms with Crippen molar-refractivity contribution in [3.63, 3.8) is 0 Å². The molecular weight excluding hydrogens is 833 g/mol. The normalized spacial score (nSPS) is 24.5. The smallest absolute Gasteiger partial charge is 0.278 e. The first-order chi connectivity index (χ1) is 32.0. The van der Waals surface area contributed by atoms with Crippen LogP contribution in [-0.2, 0) is 28.3 Å². The van der Waals surface area contributed by atoms with Crippen LogP contribution in [0, 0.1) is 5.41 Å². The van der Waals surface area contributed by atoms with Crippen molar-refractivity contribution in [2.45, 2.75) is 121 Å². The lowest BCUT2D eigenvalue weighted by Gasteiger charge is -2.49. The van der Waals surface area contributed by atoms with Crippen molar-refractivity contribution in [3.8, 4) is 5.82 Å². The largest absolute Gasteiger partial charge is 0.384 e. The highest BCUT2D eigenvalue weighted by Gasteiger charge is 2.42. The van der Waals surface area contributed by atoms with E-state index in [4.69, 9.17) is 9.97 Å². The van der Waals surface area contributed by atoms with E-state index in [-0.39, 0.29) is 29.7 Å². The number of piperidine rings is 3. The molecule has 1 spiro atoms. The number of carbonyl (C=O) groups excluding carboxylic acids is 3. The highest BCUT2D eigenvalue weighted by Crippen LogP contribution is 2.47. The molecule has 0 radical (unpaired) electrons. The lowest BCUT2D eigenvalue weighted by atomic mass is 9.66. The number of nitrogens with zero attached hydrogens (tertiary/aromatic N) is 8. The number of aromatic nitrogens is 5. The quantitative estimate of drug-likeness (QED) is 0.127. The Kier molecular flexibility index (Phi) is 10.9. The van der Waals surface area contributed by atoms with Gasteiger partial charge in [-0.1, -0.05) is 36.4 Å². The van der Waals surface area contributed by atoms with Gasteiger partial charge in [-0.3, -0.25) is 24.5 Å². The molecule has 2 aromatic carbocycles. The Morgan fingerprint density at radius 3 is 2.39 bits per heavy atom. The van der Waals surface area contributed by atoms with E-state index in [1.54, 1.807) is 27.4 Å². The zero-order chi connectivity index (χ0) is 45.2. The standard InChI is InChI=1S/C51H58N10O5/c1-50(66)20-3-2-4-25-60-48(65)40-31-52-49(56-45(40)61(60)43-7-5-6-42(50)54-43)53-36-11-8-33(9-12-36)34-18-26-57(27-19-34)37-16-21-51(22-17-37)23-28-58(29-24-51)38-13-10-35-32-59(47(64)39(35)30-38)41-14-15-44(62)55-46(41)63/h2,4-13,30-31,34,37,41,66H,3,14-29,32H2,1H3,(H,52,53,56)(H,55,62,63)/b4-2-/t41?,50-/m1/s1. The van der Waals surface area contributed by atoms with Crippen molar-refractivity contribution >= 4 is 46.1 Å². The second-order valence-corrected chi connectivity index (χ2v) is 19.8. The van der Waals surface area contributed by atoms with Crippen molar-refractivity contribution in [2.24, 2.45) is 5.41 Å². The van der Waals surface area contributed by atoms with Gasteiger partial charge in [0.1, 0.15) is 17.0 Å². The first-order valence-corrected chi connectivity index (χ1v) is 24.0.